The van der Waals surface area contributed by atoms with Crippen molar-refractivity contribution in [1.82, 2.24) is 4.31 Å². The second-order valence-corrected chi connectivity index (χ2v) is 6.42. The number of sulfonamides is 1. The third-order valence-corrected chi connectivity index (χ3v) is 4.79. The van der Waals surface area contributed by atoms with Crippen LogP contribution in [0, 0.1) is 0 Å². The molecular formula is C10H22N2O3S. The standard InChI is InChI=1S/C10H22N2O3S/c1-9-8-15-10(2)7-12(9)16(13,14)6-4-3-5-11/h9-10H,3-8,11H2,1-2H3. The van der Waals surface area contributed by atoms with Crippen molar-refractivity contribution in [1.29, 1.82) is 0 Å². The summed E-state index contributed by atoms with van der Waals surface area (Å²) in [7, 11) is -3.14. The molecule has 0 aromatic rings. The molecule has 0 aromatic heterocycles. The van der Waals surface area contributed by atoms with Crippen molar-refractivity contribution < 1.29 is 13.2 Å². The molecule has 0 bridgehead atoms. The van der Waals surface area contributed by atoms with Gasteiger partial charge in [-0.2, -0.15) is 4.31 Å². The van der Waals surface area contributed by atoms with Crippen molar-refractivity contribution in [2.45, 2.75) is 38.8 Å². The Morgan fingerprint density at radius 1 is 1.38 bits per heavy atom. The molecule has 2 unspecified atom stereocenters. The molecule has 1 rings (SSSR count). The zero-order valence-corrected chi connectivity index (χ0v) is 10.9. The minimum absolute atomic E-state index is 0.0134. The van der Waals surface area contributed by atoms with Crippen molar-refractivity contribution in [2.75, 3.05) is 25.4 Å². The average molecular weight is 250 g/mol. The van der Waals surface area contributed by atoms with E-state index in [9.17, 15) is 8.42 Å². The van der Waals surface area contributed by atoms with Crippen molar-refractivity contribution in [3.05, 3.63) is 0 Å². The van der Waals surface area contributed by atoms with Crippen LogP contribution in [0.15, 0.2) is 0 Å². The Morgan fingerprint density at radius 3 is 2.69 bits per heavy atom. The van der Waals surface area contributed by atoms with Gasteiger partial charge in [-0.1, -0.05) is 0 Å². The van der Waals surface area contributed by atoms with Gasteiger partial charge in [-0.05, 0) is 33.2 Å². The number of unbranched alkanes of at least 4 members (excludes halogenated alkanes) is 1. The summed E-state index contributed by atoms with van der Waals surface area (Å²) < 4.78 is 31.1. The quantitative estimate of drug-likeness (QED) is 0.706. The average Bonchev–Trinajstić information content (AvgIpc) is 2.22. The van der Waals surface area contributed by atoms with Gasteiger partial charge < -0.3 is 10.5 Å². The SMILES string of the molecule is CC1CN(S(=O)(=O)CCCCN)C(C)CO1. The van der Waals surface area contributed by atoms with Gasteiger partial charge in [0.2, 0.25) is 10.0 Å². The number of hydrogen-bond donors (Lipinski definition) is 1. The summed E-state index contributed by atoms with van der Waals surface area (Å²) in [5, 5.41) is 0. The normalized spacial score (nSPS) is 28.2. The van der Waals surface area contributed by atoms with E-state index >= 15 is 0 Å². The second-order valence-electron chi connectivity index (χ2n) is 4.37. The molecule has 0 aliphatic carbocycles. The zero-order chi connectivity index (χ0) is 12.2. The van der Waals surface area contributed by atoms with Crippen LogP contribution in [-0.2, 0) is 14.8 Å². The predicted molar refractivity (Wildman–Crippen MR) is 63.7 cm³/mol. The first kappa shape index (κ1) is 13.9. The van der Waals surface area contributed by atoms with Crippen LogP contribution < -0.4 is 5.73 Å². The van der Waals surface area contributed by atoms with Crippen molar-refractivity contribution in [2.24, 2.45) is 5.73 Å². The van der Waals surface area contributed by atoms with Gasteiger partial charge in [0.25, 0.3) is 0 Å². The predicted octanol–water partition coefficient (Wildman–Crippen LogP) is 0.164. The lowest BCUT2D eigenvalue weighted by atomic mass is 10.2. The van der Waals surface area contributed by atoms with E-state index in [0.29, 0.717) is 26.1 Å². The Morgan fingerprint density at radius 2 is 2.06 bits per heavy atom. The number of hydrogen-bond acceptors (Lipinski definition) is 4. The van der Waals surface area contributed by atoms with Crippen molar-refractivity contribution in [3.63, 3.8) is 0 Å². The van der Waals surface area contributed by atoms with Crippen LogP contribution in [0.3, 0.4) is 0 Å². The van der Waals surface area contributed by atoms with E-state index < -0.39 is 10.0 Å². The van der Waals surface area contributed by atoms with Gasteiger partial charge in [-0.15, -0.1) is 0 Å². The van der Waals surface area contributed by atoms with Gasteiger partial charge in [-0.25, -0.2) is 8.42 Å². The fraction of sp³-hybridized carbons (Fsp3) is 1.00. The maximum Gasteiger partial charge on any atom is 0.214 e. The first-order chi connectivity index (χ1) is 7.47. The van der Waals surface area contributed by atoms with E-state index in [-0.39, 0.29) is 17.9 Å². The Bertz CT molecular complexity index is 305. The van der Waals surface area contributed by atoms with E-state index in [4.69, 9.17) is 10.5 Å². The summed E-state index contributed by atoms with van der Waals surface area (Å²) in [6.45, 7) is 5.27. The molecule has 1 saturated heterocycles. The summed E-state index contributed by atoms with van der Waals surface area (Å²) in [5.74, 6) is 0.196. The number of rotatable bonds is 5. The number of ether oxygens (including phenoxy) is 1. The summed E-state index contributed by atoms with van der Waals surface area (Å²) in [5.41, 5.74) is 5.36. The fourth-order valence-electron chi connectivity index (χ4n) is 1.81. The van der Waals surface area contributed by atoms with Crippen LogP contribution in [0.4, 0.5) is 0 Å². The van der Waals surface area contributed by atoms with Crippen molar-refractivity contribution >= 4 is 10.0 Å². The number of nitrogens with two attached hydrogens (primary N) is 1. The molecule has 0 aromatic carbocycles. The molecule has 1 heterocycles. The van der Waals surface area contributed by atoms with E-state index in [1.807, 2.05) is 13.8 Å². The van der Waals surface area contributed by atoms with E-state index in [0.717, 1.165) is 6.42 Å². The largest absolute Gasteiger partial charge is 0.375 e. The molecule has 0 radical (unpaired) electrons. The summed E-state index contributed by atoms with van der Waals surface area (Å²) in [6, 6.07) is -0.0564. The molecule has 96 valence electrons. The van der Waals surface area contributed by atoms with Gasteiger partial charge in [-0.3, -0.25) is 0 Å². The summed E-state index contributed by atoms with van der Waals surface area (Å²) >= 11 is 0. The van der Waals surface area contributed by atoms with Gasteiger partial charge in [0.1, 0.15) is 0 Å². The maximum atomic E-state index is 12.0. The highest BCUT2D eigenvalue weighted by molar-refractivity contribution is 7.89. The maximum absolute atomic E-state index is 12.0. The zero-order valence-electron chi connectivity index (χ0n) is 10.1. The smallest absolute Gasteiger partial charge is 0.214 e. The fourth-order valence-corrected chi connectivity index (χ4v) is 3.66. The van der Waals surface area contributed by atoms with E-state index in [1.54, 1.807) is 4.31 Å². The van der Waals surface area contributed by atoms with Gasteiger partial charge in [0, 0.05) is 12.6 Å². The topological polar surface area (TPSA) is 72.6 Å². The Kier molecular flexibility index (Phi) is 5.17. The summed E-state index contributed by atoms with van der Waals surface area (Å²) in [4.78, 5) is 0. The molecule has 1 fully saturated rings. The molecule has 6 heteroatoms. The monoisotopic (exact) mass is 250 g/mol. The lowest BCUT2D eigenvalue weighted by molar-refractivity contribution is -0.0170. The van der Waals surface area contributed by atoms with Crippen LogP contribution in [0.2, 0.25) is 0 Å². The molecular weight excluding hydrogens is 228 g/mol. The summed E-state index contributed by atoms with van der Waals surface area (Å²) in [6.07, 6.45) is 1.38. The molecule has 2 N–H and O–H groups in total. The van der Waals surface area contributed by atoms with E-state index in [1.165, 1.54) is 0 Å². The molecule has 1 aliphatic heterocycles. The highest BCUT2D eigenvalue weighted by Crippen LogP contribution is 2.16. The molecule has 0 amide bonds. The van der Waals surface area contributed by atoms with E-state index in [2.05, 4.69) is 0 Å². The van der Waals surface area contributed by atoms with Crippen LogP contribution in [0.5, 0.6) is 0 Å². The first-order valence-electron chi connectivity index (χ1n) is 5.78. The molecule has 1 aliphatic rings. The number of morpholine rings is 1. The molecule has 5 nitrogen and oxygen atoms in total. The lowest BCUT2D eigenvalue weighted by Crippen LogP contribution is -2.50. The minimum atomic E-state index is -3.14. The van der Waals surface area contributed by atoms with Gasteiger partial charge in [0.15, 0.2) is 0 Å². The second kappa shape index (κ2) is 5.95. The highest BCUT2D eigenvalue weighted by atomic mass is 32.2. The third-order valence-electron chi connectivity index (χ3n) is 2.76. The lowest BCUT2D eigenvalue weighted by Gasteiger charge is -2.35. The highest BCUT2D eigenvalue weighted by Gasteiger charge is 2.32. The van der Waals surface area contributed by atoms with Crippen LogP contribution in [0.25, 0.3) is 0 Å². The Labute approximate surface area is 98.0 Å². The Hall–Kier alpha value is -0.170. The van der Waals surface area contributed by atoms with Crippen LogP contribution >= 0.6 is 0 Å². The molecule has 0 saturated carbocycles. The van der Waals surface area contributed by atoms with Gasteiger partial charge >= 0.3 is 0 Å². The molecule has 2 atom stereocenters. The van der Waals surface area contributed by atoms with Crippen LogP contribution in [-0.4, -0.2) is 50.3 Å². The van der Waals surface area contributed by atoms with Gasteiger partial charge in [0.05, 0.1) is 18.5 Å². The first-order valence-corrected chi connectivity index (χ1v) is 7.39. The van der Waals surface area contributed by atoms with Crippen molar-refractivity contribution in [3.8, 4) is 0 Å². The third kappa shape index (κ3) is 3.69. The molecule has 0 spiro atoms. The Balaban J connectivity index is 2.58. The number of nitrogens with zero attached hydrogens (tertiary/aromatic N) is 1. The molecule has 16 heavy (non-hydrogen) atoms. The van der Waals surface area contributed by atoms with Crippen LogP contribution in [0.1, 0.15) is 26.7 Å². The minimum Gasteiger partial charge on any atom is -0.375 e.